The van der Waals surface area contributed by atoms with E-state index in [-0.39, 0.29) is 5.82 Å². The van der Waals surface area contributed by atoms with Gasteiger partial charge in [0.2, 0.25) is 0 Å². The molecule has 8 nitrogen and oxygen atoms in total. The van der Waals surface area contributed by atoms with Crippen LogP contribution < -0.4 is 20.7 Å². The first-order valence-corrected chi connectivity index (χ1v) is 11.3. The molecule has 4 heterocycles. The van der Waals surface area contributed by atoms with Crippen LogP contribution in [0.1, 0.15) is 19.8 Å². The van der Waals surface area contributed by atoms with Gasteiger partial charge in [-0.15, -0.1) is 0 Å². The topological polar surface area (TPSA) is 105 Å². The summed E-state index contributed by atoms with van der Waals surface area (Å²) >= 11 is 0. The highest BCUT2D eigenvalue weighted by atomic mass is 19.1. The lowest BCUT2D eigenvalue weighted by atomic mass is 9.95. The largest absolute Gasteiger partial charge is 0.467 e. The molecule has 1 aliphatic heterocycles. The van der Waals surface area contributed by atoms with E-state index < -0.39 is 0 Å². The predicted octanol–water partition coefficient (Wildman–Crippen LogP) is 3.93. The number of nitrogens with two attached hydrogens (primary N) is 1. The normalized spacial score (nSPS) is 16.5. The number of anilines is 2. The SMILES string of the molecule is CCNc1cc(F)cc2c1[nH]c1ncc(-c3cnc(OC)nc3)c(N3CCCC(CN)C3)c12. The number of nitrogens with zero attached hydrogens (tertiary/aromatic N) is 4. The molecular weight excluding hydrogens is 421 g/mol. The number of ether oxygens (including phenoxy) is 1. The Bertz CT molecular complexity index is 1290. The Hall–Kier alpha value is -3.46. The number of aromatic nitrogens is 4. The maximum absolute atomic E-state index is 14.7. The Morgan fingerprint density at radius 2 is 2.06 bits per heavy atom. The van der Waals surface area contributed by atoms with E-state index >= 15 is 0 Å². The van der Waals surface area contributed by atoms with E-state index in [1.54, 1.807) is 18.5 Å². The third-order valence-corrected chi connectivity index (χ3v) is 6.32. The number of halogens is 1. The van der Waals surface area contributed by atoms with E-state index in [0.717, 1.165) is 70.4 Å². The van der Waals surface area contributed by atoms with Crippen LogP contribution >= 0.6 is 0 Å². The van der Waals surface area contributed by atoms with Crippen molar-refractivity contribution < 1.29 is 9.13 Å². The fraction of sp³-hybridized carbons (Fsp3) is 0.375. The van der Waals surface area contributed by atoms with Gasteiger partial charge in [0.05, 0.1) is 29.4 Å². The molecule has 0 bridgehead atoms. The summed E-state index contributed by atoms with van der Waals surface area (Å²) in [6, 6.07) is 3.41. The van der Waals surface area contributed by atoms with Crippen LogP contribution in [-0.4, -0.2) is 53.2 Å². The van der Waals surface area contributed by atoms with Crippen molar-refractivity contribution >= 4 is 33.3 Å². The van der Waals surface area contributed by atoms with Gasteiger partial charge in [0.15, 0.2) is 0 Å². The van der Waals surface area contributed by atoms with E-state index in [4.69, 9.17) is 15.5 Å². The third kappa shape index (κ3) is 3.82. The van der Waals surface area contributed by atoms with Gasteiger partial charge < -0.3 is 25.7 Å². The second-order valence-corrected chi connectivity index (χ2v) is 8.42. The van der Waals surface area contributed by atoms with Gasteiger partial charge in [0, 0.05) is 54.7 Å². The molecule has 0 amide bonds. The molecule has 1 aromatic carbocycles. The molecule has 0 spiro atoms. The molecule has 1 saturated heterocycles. The molecule has 9 heteroatoms. The molecule has 1 unspecified atom stereocenters. The first-order valence-electron chi connectivity index (χ1n) is 11.3. The van der Waals surface area contributed by atoms with Crippen molar-refractivity contribution in [1.29, 1.82) is 0 Å². The fourth-order valence-corrected chi connectivity index (χ4v) is 4.80. The van der Waals surface area contributed by atoms with Crippen LogP contribution in [0.5, 0.6) is 6.01 Å². The quantitative estimate of drug-likeness (QED) is 0.410. The molecule has 33 heavy (non-hydrogen) atoms. The van der Waals surface area contributed by atoms with Gasteiger partial charge in [0.1, 0.15) is 11.5 Å². The molecule has 1 fully saturated rings. The van der Waals surface area contributed by atoms with Gasteiger partial charge in [0.25, 0.3) is 0 Å². The molecule has 0 aliphatic carbocycles. The van der Waals surface area contributed by atoms with Crippen LogP contribution in [0.4, 0.5) is 15.8 Å². The number of benzene rings is 1. The number of hydrogen-bond acceptors (Lipinski definition) is 7. The molecule has 3 aromatic heterocycles. The molecule has 1 aliphatic rings. The van der Waals surface area contributed by atoms with Crippen LogP contribution in [0.25, 0.3) is 33.1 Å². The van der Waals surface area contributed by atoms with Crippen LogP contribution in [0.3, 0.4) is 0 Å². The average molecular weight is 450 g/mol. The van der Waals surface area contributed by atoms with Gasteiger partial charge >= 0.3 is 6.01 Å². The molecule has 0 saturated carbocycles. The van der Waals surface area contributed by atoms with Gasteiger partial charge in [-0.05, 0) is 44.4 Å². The molecule has 5 rings (SSSR count). The first kappa shape index (κ1) is 21.4. The van der Waals surface area contributed by atoms with Crippen molar-refractivity contribution in [3.63, 3.8) is 0 Å². The summed E-state index contributed by atoms with van der Waals surface area (Å²) < 4.78 is 19.8. The van der Waals surface area contributed by atoms with Crippen LogP contribution in [0, 0.1) is 11.7 Å². The fourth-order valence-electron chi connectivity index (χ4n) is 4.80. The number of fused-ring (bicyclic) bond motifs is 3. The minimum Gasteiger partial charge on any atom is -0.467 e. The maximum Gasteiger partial charge on any atom is 0.316 e. The smallest absolute Gasteiger partial charge is 0.316 e. The van der Waals surface area contributed by atoms with Gasteiger partial charge in [-0.25, -0.2) is 19.3 Å². The van der Waals surface area contributed by atoms with Crippen molar-refractivity contribution in [3.05, 3.63) is 36.5 Å². The molecular formula is C24H28FN7O. The average Bonchev–Trinajstić information content (AvgIpc) is 3.22. The lowest BCUT2D eigenvalue weighted by Gasteiger charge is -2.35. The lowest BCUT2D eigenvalue weighted by molar-refractivity contribution is 0.380. The zero-order valence-corrected chi connectivity index (χ0v) is 18.9. The Balaban J connectivity index is 1.79. The molecule has 0 radical (unpaired) electrons. The Morgan fingerprint density at radius 3 is 2.79 bits per heavy atom. The predicted molar refractivity (Wildman–Crippen MR) is 129 cm³/mol. The number of aromatic amines is 1. The zero-order chi connectivity index (χ0) is 22.9. The van der Waals surface area contributed by atoms with Crippen LogP contribution in [0.15, 0.2) is 30.7 Å². The highest BCUT2D eigenvalue weighted by Gasteiger charge is 2.26. The lowest BCUT2D eigenvalue weighted by Crippen LogP contribution is -2.38. The number of pyridine rings is 1. The van der Waals surface area contributed by atoms with Crippen molar-refractivity contribution in [1.82, 2.24) is 19.9 Å². The van der Waals surface area contributed by atoms with Crippen LogP contribution in [-0.2, 0) is 0 Å². The summed E-state index contributed by atoms with van der Waals surface area (Å²) in [7, 11) is 1.54. The van der Waals surface area contributed by atoms with Gasteiger partial charge in [-0.1, -0.05) is 0 Å². The van der Waals surface area contributed by atoms with Gasteiger partial charge in [-0.2, -0.15) is 0 Å². The summed E-state index contributed by atoms with van der Waals surface area (Å²) in [5.41, 5.74) is 11.1. The summed E-state index contributed by atoms with van der Waals surface area (Å²) in [5, 5.41) is 4.96. The number of H-pyrrole nitrogens is 1. The van der Waals surface area contributed by atoms with Crippen molar-refractivity contribution in [2.24, 2.45) is 11.7 Å². The summed E-state index contributed by atoms with van der Waals surface area (Å²) in [6.45, 7) is 5.04. The number of rotatable bonds is 6. The van der Waals surface area contributed by atoms with Gasteiger partial charge in [-0.3, -0.25) is 0 Å². The minimum atomic E-state index is -0.290. The third-order valence-electron chi connectivity index (χ3n) is 6.32. The van der Waals surface area contributed by atoms with Crippen molar-refractivity contribution in [2.45, 2.75) is 19.8 Å². The maximum atomic E-state index is 14.7. The highest BCUT2D eigenvalue weighted by molar-refractivity contribution is 6.17. The molecule has 4 N–H and O–H groups in total. The monoisotopic (exact) mass is 449 g/mol. The number of piperidine rings is 1. The zero-order valence-electron chi connectivity index (χ0n) is 18.9. The second-order valence-electron chi connectivity index (χ2n) is 8.42. The summed E-state index contributed by atoms with van der Waals surface area (Å²) in [5.74, 6) is 0.114. The Morgan fingerprint density at radius 1 is 1.24 bits per heavy atom. The first-order chi connectivity index (χ1) is 16.1. The molecule has 4 aromatic rings. The summed E-state index contributed by atoms with van der Waals surface area (Å²) in [6.07, 6.45) is 7.47. The number of methoxy groups -OCH3 is 1. The number of nitrogens with one attached hydrogen (secondary N) is 2. The van der Waals surface area contributed by atoms with Crippen molar-refractivity contribution in [2.75, 3.05) is 43.5 Å². The van der Waals surface area contributed by atoms with E-state index in [0.29, 0.717) is 25.0 Å². The van der Waals surface area contributed by atoms with E-state index in [2.05, 4.69) is 25.2 Å². The van der Waals surface area contributed by atoms with Crippen LogP contribution in [0.2, 0.25) is 0 Å². The number of hydrogen-bond donors (Lipinski definition) is 3. The second kappa shape index (κ2) is 8.82. The summed E-state index contributed by atoms with van der Waals surface area (Å²) in [4.78, 5) is 19.1. The van der Waals surface area contributed by atoms with E-state index in [9.17, 15) is 4.39 Å². The highest BCUT2D eigenvalue weighted by Crippen LogP contribution is 2.43. The van der Waals surface area contributed by atoms with E-state index in [1.165, 1.54) is 13.2 Å². The molecule has 1 atom stereocenters. The minimum absolute atomic E-state index is 0.290. The van der Waals surface area contributed by atoms with Crippen molar-refractivity contribution in [3.8, 4) is 17.1 Å². The standard InChI is InChI=1S/C24H28FN7O/c1-3-27-19-8-16(25)7-17-20-22(32-6-4-5-14(9-26)13-32)18(12-28-23(20)31-21(17)19)15-10-29-24(33-2)30-11-15/h7-8,10-12,14,27H,3-6,9,13,26H2,1-2H3,(H,28,31). The Labute approximate surface area is 191 Å². The van der Waals surface area contributed by atoms with E-state index in [1.807, 2.05) is 13.1 Å². The Kier molecular flexibility index (Phi) is 5.72. The molecule has 172 valence electrons.